The molecule has 0 saturated heterocycles. The highest BCUT2D eigenvalue weighted by atomic mass is 32.1. The van der Waals surface area contributed by atoms with Gasteiger partial charge in [-0.15, -0.1) is 11.3 Å². The molecule has 0 saturated carbocycles. The largest absolute Gasteiger partial charge is 0.486 e. The van der Waals surface area contributed by atoms with E-state index in [0.29, 0.717) is 35.5 Å². The molecule has 1 N–H and O–H groups in total. The van der Waals surface area contributed by atoms with Crippen molar-refractivity contribution in [2.45, 2.75) is 0 Å². The zero-order chi connectivity index (χ0) is 18.8. The summed E-state index contributed by atoms with van der Waals surface area (Å²) < 4.78 is 11.2. The molecule has 0 unspecified atom stereocenters. The quantitative estimate of drug-likeness (QED) is 0.746. The Labute approximate surface area is 160 Å². The van der Waals surface area contributed by atoms with E-state index in [1.54, 1.807) is 23.2 Å². The van der Waals surface area contributed by atoms with Crippen LogP contribution in [0.3, 0.4) is 0 Å². The van der Waals surface area contributed by atoms with Gasteiger partial charge in [-0.05, 0) is 30.3 Å². The number of pyridine rings is 1. The van der Waals surface area contributed by atoms with E-state index in [4.69, 9.17) is 9.47 Å². The molecule has 1 aromatic carbocycles. The summed E-state index contributed by atoms with van der Waals surface area (Å²) in [7, 11) is 3.70. The predicted molar refractivity (Wildman–Crippen MR) is 105 cm³/mol. The summed E-state index contributed by atoms with van der Waals surface area (Å²) in [6.07, 6.45) is 1.66. The average Bonchev–Trinajstić information content (AvgIpc) is 3.16. The maximum Gasteiger partial charge on any atom is 0.261 e. The second-order valence-electron chi connectivity index (χ2n) is 6.12. The van der Waals surface area contributed by atoms with Crippen LogP contribution < -0.4 is 19.7 Å². The van der Waals surface area contributed by atoms with E-state index in [1.165, 1.54) is 11.3 Å². The number of thiazole rings is 1. The number of carbonyl (C=O) groups is 1. The first-order chi connectivity index (χ1) is 13.1. The van der Waals surface area contributed by atoms with Crippen molar-refractivity contribution in [1.29, 1.82) is 0 Å². The summed E-state index contributed by atoms with van der Waals surface area (Å²) in [6, 6.07) is 9.19. The SMILES string of the molecule is CN(C)c1ncccc1C(=O)Nc1nc(-c2ccc3c(c2)OCCO3)cs1. The minimum Gasteiger partial charge on any atom is -0.486 e. The number of amides is 1. The summed E-state index contributed by atoms with van der Waals surface area (Å²) in [5.41, 5.74) is 2.18. The molecule has 0 bridgehead atoms. The highest BCUT2D eigenvalue weighted by molar-refractivity contribution is 7.14. The molecule has 0 radical (unpaired) electrons. The first-order valence-electron chi connectivity index (χ1n) is 8.41. The fourth-order valence-electron chi connectivity index (χ4n) is 2.76. The van der Waals surface area contributed by atoms with Crippen molar-refractivity contribution in [2.75, 3.05) is 37.5 Å². The molecule has 7 nitrogen and oxygen atoms in total. The highest BCUT2D eigenvalue weighted by Gasteiger charge is 2.17. The van der Waals surface area contributed by atoms with Crippen LogP contribution in [0.2, 0.25) is 0 Å². The molecule has 4 rings (SSSR count). The number of rotatable bonds is 4. The molecule has 8 heteroatoms. The lowest BCUT2D eigenvalue weighted by molar-refractivity contribution is 0.102. The molecule has 138 valence electrons. The Kier molecular flexibility index (Phi) is 4.64. The van der Waals surface area contributed by atoms with Crippen LogP contribution in [0.4, 0.5) is 10.9 Å². The molecule has 0 fully saturated rings. The van der Waals surface area contributed by atoms with Gasteiger partial charge in [-0.3, -0.25) is 10.1 Å². The Balaban J connectivity index is 1.54. The highest BCUT2D eigenvalue weighted by Crippen LogP contribution is 2.35. The molecular weight excluding hydrogens is 364 g/mol. The predicted octanol–water partition coefficient (Wildman–Crippen LogP) is 3.29. The number of nitrogens with zero attached hydrogens (tertiary/aromatic N) is 3. The van der Waals surface area contributed by atoms with Crippen molar-refractivity contribution in [3.63, 3.8) is 0 Å². The third-order valence-corrected chi connectivity index (χ3v) is 4.78. The molecule has 0 atom stereocenters. The van der Waals surface area contributed by atoms with Gasteiger partial charge in [0.1, 0.15) is 19.0 Å². The lowest BCUT2D eigenvalue weighted by Crippen LogP contribution is -2.19. The molecule has 0 aliphatic carbocycles. The van der Waals surface area contributed by atoms with Crippen molar-refractivity contribution in [3.05, 3.63) is 47.5 Å². The first-order valence-corrected chi connectivity index (χ1v) is 9.29. The molecule has 1 aliphatic heterocycles. The number of ether oxygens (including phenoxy) is 2. The van der Waals surface area contributed by atoms with Crippen LogP contribution in [0, 0.1) is 0 Å². The number of aromatic nitrogens is 2. The Hall–Kier alpha value is -3.13. The number of hydrogen-bond donors (Lipinski definition) is 1. The molecule has 2 aromatic heterocycles. The van der Waals surface area contributed by atoms with Crippen molar-refractivity contribution in [1.82, 2.24) is 9.97 Å². The summed E-state index contributed by atoms with van der Waals surface area (Å²) in [5, 5.41) is 5.28. The van der Waals surface area contributed by atoms with Gasteiger partial charge in [-0.1, -0.05) is 0 Å². The van der Waals surface area contributed by atoms with E-state index in [2.05, 4.69) is 15.3 Å². The molecule has 0 spiro atoms. The van der Waals surface area contributed by atoms with E-state index in [-0.39, 0.29) is 5.91 Å². The smallest absolute Gasteiger partial charge is 0.261 e. The van der Waals surface area contributed by atoms with Crippen molar-refractivity contribution in [3.8, 4) is 22.8 Å². The average molecular weight is 382 g/mol. The fraction of sp³-hybridized carbons (Fsp3) is 0.211. The van der Waals surface area contributed by atoms with Crippen LogP contribution in [-0.4, -0.2) is 43.2 Å². The summed E-state index contributed by atoms with van der Waals surface area (Å²) >= 11 is 1.37. The maximum atomic E-state index is 12.6. The van der Waals surface area contributed by atoms with Crippen LogP contribution in [0.1, 0.15) is 10.4 Å². The van der Waals surface area contributed by atoms with E-state index in [0.717, 1.165) is 17.0 Å². The van der Waals surface area contributed by atoms with Gasteiger partial charge in [0, 0.05) is 31.2 Å². The van der Waals surface area contributed by atoms with E-state index in [9.17, 15) is 4.79 Å². The van der Waals surface area contributed by atoms with Gasteiger partial charge in [-0.25, -0.2) is 9.97 Å². The molecule has 1 aliphatic rings. The van der Waals surface area contributed by atoms with Gasteiger partial charge in [0.25, 0.3) is 5.91 Å². The lowest BCUT2D eigenvalue weighted by atomic mass is 10.1. The van der Waals surface area contributed by atoms with Gasteiger partial charge in [0.2, 0.25) is 0 Å². The Morgan fingerprint density at radius 1 is 1.19 bits per heavy atom. The van der Waals surface area contributed by atoms with Crippen LogP contribution in [0.15, 0.2) is 41.9 Å². The molecule has 3 heterocycles. The second kappa shape index (κ2) is 7.24. The first kappa shape index (κ1) is 17.3. The van der Waals surface area contributed by atoms with Crippen LogP contribution in [0.5, 0.6) is 11.5 Å². The maximum absolute atomic E-state index is 12.6. The van der Waals surface area contributed by atoms with E-state index in [1.807, 2.05) is 37.7 Å². The van der Waals surface area contributed by atoms with Crippen molar-refractivity contribution in [2.24, 2.45) is 0 Å². The minimum absolute atomic E-state index is 0.241. The minimum atomic E-state index is -0.241. The van der Waals surface area contributed by atoms with Gasteiger partial charge >= 0.3 is 0 Å². The standard InChI is InChI=1S/C19H18N4O3S/c1-23(2)17-13(4-3-7-20-17)18(24)22-19-21-14(11-27-19)12-5-6-15-16(10-12)26-9-8-25-15/h3-7,10-11H,8-9H2,1-2H3,(H,21,22,24). The fourth-order valence-corrected chi connectivity index (χ4v) is 3.48. The third-order valence-electron chi connectivity index (χ3n) is 4.02. The van der Waals surface area contributed by atoms with Gasteiger partial charge < -0.3 is 14.4 Å². The summed E-state index contributed by atoms with van der Waals surface area (Å²) in [6.45, 7) is 1.09. The molecule has 1 amide bonds. The van der Waals surface area contributed by atoms with Gasteiger partial charge in [0.15, 0.2) is 16.6 Å². The van der Waals surface area contributed by atoms with E-state index >= 15 is 0 Å². The number of anilines is 2. The summed E-state index contributed by atoms with van der Waals surface area (Å²) in [4.78, 5) is 23.2. The second-order valence-corrected chi connectivity index (χ2v) is 6.98. The van der Waals surface area contributed by atoms with Crippen molar-refractivity contribution < 1.29 is 14.3 Å². The Bertz CT molecular complexity index is 987. The third kappa shape index (κ3) is 3.56. The monoisotopic (exact) mass is 382 g/mol. The number of carbonyl (C=O) groups excluding carboxylic acids is 1. The van der Waals surface area contributed by atoms with Crippen LogP contribution in [0.25, 0.3) is 11.3 Å². The number of benzene rings is 1. The molecular formula is C19H18N4O3S. The molecule has 3 aromatic rings. The number of fused-ring (bicyclic) bond motifs is 1. The lowest BCUT2D eigenvalue weighted by Gasteiger charge is -2.18. The topological polar surface area (TPSA) is 76.6 Å². The van der Waals surface area contributed by atoms with E-state index < -0.39 is 0 Å². The van der Waals surface area contributed by atoms with Crippen LogP contribution in [-0.2, 0) is 0 Å². The van der Waals surface area contributed by atoms with Gasteiger partial charge in [-0.2, -0.15) is 0 Å². The summed E-state index contributed by atoms with van der Waals surface area (Å²) in [5.74, 6) is 1.82. The Morgan fingerprint density at radius 2 is 2.00 bits per heavy atom. The number of hydrogen-bond acceptors (Lipinski definition) is 7. The van der Waals surface area contributed by atoms with Crippen molar-refractivity contribution >= 4 is 28.2 Å². The van der Waals surface area contributed by atoms with Gasteiger partial charge in [0.05, 0.1) is 11.3 Å². The normalized spacial score (nSPS) is 12.5. The Morgan fingerprint density at radius 3 is 2.81 bits per heavy atom. The zero-order valence-electron chi connectivity index (χ0n) is 14.9. The van der Waals surface area contributed by atoms with Crippen LogP contribution >= 0.6 is 11.3 Å². The zero-order valence-corrected chi connectivity index (χ0v) is 15.7. The number of nitrogens with one attached hydrogen (secondary N) is 1. The molecule has 27 heavy (non-hydrogen) atoms.